The fourth-order valence-electron chi connectivity index (χ4n) is 1.37. The summed E-state index contributed by atoms with van der Waals surface area (Å²) in [4.78, 5) is 3.90. The summed E-state index contributed by atoms with van der Waals surface area (Å²) < 4.78 is 4.86. The Morgan fingerprint density at radius 3 is 3.06 bits per heavy atom. The maximum Gasteiger partial charge on any atom is 0.228 e. The minimum absolute atomic E-state index is 0.554. The molecule has 0 fully saturated rings. The molecule has 2 aromatic rings. The Balaban J connectivity index is 1.99. The highest BCUT2D eigenvalue weighted by molar-refractivity contribution is 6.30. The van der Waals surface area contributed by atoms with Gasteiger partial charge in [-0.2, -0.15) is 10.2 Å². The summed E-state index contributed by atoms with van der Waals surface area (Å²) in [6.45, 7) is 0.594. The number of anilines is 1. The molecular weight excluding hydrogens is 240 g/mol. The number of aromatic nitrogens is 2. The Morgan fingerprint density at radius 2 is 2.35 bits per heavy atom. The van der Waals surface area contributed by atoms with Gasteiger partial charge in [0, 0.05) is 18.0 Å². The van der Waals surface area contributed by atoms with Crippen molar-refractivity contribution in [1.29, 1.82) is 5.26 Å². The maximum absolute atomic E-state index is 8.92. The van der Waals surface area contributed by atoms with Gasteiger partial charge in [-0.05, 0) is 18.2 Å². The van der Waals surface area contributed by atoms with Crippen LogP contribution < -0.4 is 5.32 Å². The van der Waals surface area contributed by atoms with Gasteiger partial charge in [-0.1, -0.05) is 16.8 Å². The zero-order valence-corrected chi connectivity index (χ0v) is 9.61. The highest BCUT2D eigenvalue weighted by atomic mass is 35.5. The average Bonchev–Trinajstić information content (AvgIpc) is 2.82. The van der Waals surface area contributed by atoms with E-state index in [0.29, 0.717) is 35.1 Å². The third-order valence-electron chi connectivity index (χ3n) is 2.16. The van der Waals surface area contributed by atoms with Crippen molar-refractivity contribution >= 4 is 17.3 Å². The van der Waals surface area contributed by atoms with E-state index >= 15 is 0 Å². The summed E-state index contributed by atoms with van der Waals surface area (Å²) >= 11 is 5.86. The molecule has 0 saturated heterocycles. The fourth-order valence-corrected chi connectivity index (χ4v) is 1.54. The fraction of sp³-hybridized carbons (Fsp3) is 0.182. The predicted octanol–water partition coefficient (Wildman–Crippen LogP) is 2.25. The number of nitriles is 1. The first-order chi connectivity index (χ1) is 8.29. The maximum atomic E-state index is 8.92. The second kappa shape index (κ2) is 5.32. The van der Waals surface area contributed by atoms with Gasteiger partial charge in [0.15, 0.2) is 6.33 Å². The van der Waals surface area contributed by atoms with E-state index in [-0.39, 0.29) is 0 Å². The first-order valence-corrected chi connectivity index (χ1v) is 5.36. The number of hydrogen-bond acceptors (Lipinski definition) is 5. The molecule has 1 N–H and O–H groups in total. The molecule has 0 aliphatic rings. The lowest BCUT2D eigenvalue weighted by molar-refractivity contribution is 0.380. The minimum Gasteiger partial charge on any atom is -0.383 e. The van der Waals surface area contributed by atoms with E-state index < -0.39 is 0 Å². The number of hydrogen-bond donors (Lipinski definition) is 1. The van der Waals surface area contributed by atoms with Crippen LogP contribution in [-0.2, 0) is 6.42 Å². The average molecular weight is 249 g/mol. The molecular formula is C11H9ClN4O. The van der Waals surface area contributed by atoms with Crippen LogP contribution in [0.4, 0.5) is 5.69 Å². The van der Waals surface area contributed by atoms with Crippen LogP contribution in [0.15, 0.2) is 29.0 Å². The Bertz CT molecular complexity index is 533. The van der Waals surface area contributed by atoms with Gasteiger partial charge in [0.1, 0.15) is 6.07 Å². The number of rotatable bonds is 4. The molecule has 0 unspecified atom stereocenters. The summed E-state index contributed by atoms with van der Waals surface area (Å²) in [7, 11) is 0. The summed E-state index contributed by atoms with van der Waals surface area (Å²) in [5.41, 5.74) is 1.26. The van der Waals surface area contributed by atoms with Gasteiger partial charge in [-0.3, -0.25) is 0 Å². The topological polar surface area (TPSA) is 74.7 Å². The molecule has 1 heterocycles. The molecule has 0 atom stereocenters. The molecule has 1 aromatic heterocycles. The Morgan fingerprint density at radius 1 is 1.47 bits per heavy atom. The molecule has 0 saturated carbocycles. The Kier molecular flexibility index (Phi) is 3.58. The lowest BCUT2D eigenvalue weighted by Crippen LogP contribution is -2.06. The van der Waals surface area contributed by atoms with Crippen molar-refractivity contribution in [3.63, 3.8) is 0 Å². The number of benzene rings is 1. The lowest BCUT2D eigenvalue weighted by atomic mass is 10.2. The van der Waals surface area contributed by atoms with E-state index in [1.807, 2.05) is 0 Å². The molecule has 17 heavy (non-hydrogen) atoms. The largest absolute Gasteiger partial charge is 0.383 e. The molecule has 6 heteroatoms. The molecule has 0 aliphatic heterocycles. The van der Waals surface area contributed by atoms with Crippen molar-refractivity contribution in [2.24, 2.45) is 0 Å². The van der Waals surface area contributed by atoms with Gasteiger partial charge in [0.2, 0.25) is 5.89 Å². The van der Waals surface area contributed by atoms with E-state index in [9.17, 15) is 0 Å². The molecule has 1 aromatic carbocycles. The van der Waals surface area contributed by atoms with Crippen LogP contribution in [0.2, 0.25) is 5.02 Å². The van der Waals surface area contributed by atoms with E-state index in [1.165, 1.54) is 6.33 Å². The van der Waals surface area contributed by atoms with Gasteiger partial charge in [-0.25, -0.2) is 0 Å². The van der Waals surface area contributed by atoms with Gasteiger partial charge < -0.3 is 9.84 Å². The first-order valence-electron chi connectivity index (χ1n) is 4.98. The second-order valence-electron chi connectivity index (χ2n) is 3.31. The number of nitrogens with zero attached hydrogens (tertiary/aromatic N) is 3. The Labute approximate surface area is 103 Å². The summed E-state index contributed by atoms with van der Waals surface area (Å²) in [6, 6.07) is 7.17. The van der Waals surface area contributed by atoms with E-state index in [0.717, 1.165) is 0 Å². The van der Waals surface area contributed by atoms with E-state index in [2.05, 4.69) is 21.5 Å². The summed E-state index contributed by atoms with van der Waals surface area (Å²) in [5.74, 6) is 0.554. The highest BCUT2D eigenvalue weighted by Crippen LogP contribution is 2.20. The van der Waals surface area contributed by atoms with Crippen LogP contribution >= 0.6 is 11.6 Å². The lowest BCUT2D eigenvalue weighted by Gasteiger charge is -2.06. The van der Waals surface area contributed by atoms with Crippen LogP contribution in [0.5, 0.6) is 0 Å². The van der Waals surface area contributed by atoms with Gasteiger partial charge in [0.05, 0.1) is 11.3 Å². The molecule has 0 aliphatic carbocycles. The van der Waals surface area contributed by atoms with Gasteiger partial charge in [0.25, 0.3) is 0 Å². The molecule has 0 spiro atoms. The van der Waals surface area contributed by atoms with Crippen LogP contribution in [0, 0.1) is 11.3 Å². The quantitative estimate of drug-likeness (QED) is 0.898. The molecule has 86 valence electrons. The first kappa shape index (κ1) is 11.4. The molecule has 0 bridgehead atoms. The van der Waals surface area contributed by atoms with Crippen molar-refractivity contribution in [1.82, 2.24) is 10.1 Å². The van der Waals surface area contributed by atoms with Gasteiger partial charge >= 0.3 is 0 Å². The summed E-state index contributed by atoms with van der Waals surface area (Å²) in [6.07, 6.45) is 1.95. The van der Waals surface area contributed by atoms with Crippen molar-refractivity contribution in [2.75, 3.05) is 11.9 Å². The van der Waals surface area contributed by atoms with Crippen LogP contribution in [0.3, 0.4) is 0 Å². The zero-order chi connectivity index (χ0) is 12.1. The van der Waals surface area contributed by atoms with Crippen molar-refractivity contribution in [3.8, 4) is 6.07 Å². The number of nitrogens with one attached hydrogen (secondary N) is 1. The van der Waals surface area contributed by atoms with Crippen molar-refractivity contribution in [2.45, 2.75) is 6.42 Å². The predicted molar refractivity (Wildman–Crippen MR) is 62.7 cm³/mol. The van der Waals surface area contributed by atoms with E-state index in [1.54, 1.807) is 18.2 Å². The SMILES string of the molecule is N#Cc1ccc(Cl)cc1NCCc1ncno1. The zero-order valence-electron chi connectivity index (χ0n) is 8.85. The van der Waals surface area contributed by atoms with Crippen LogP contribution in [-0.4, -0.2) is 16.7 Å². The van der Waals surface area contributed by atoms with Gasteiger partial charge in [-0.15, -0.1) is 0 Å². The monoisotopic (exact) mass is 248 g/mol. The minimum atomic E-state index is 0.554. The molecule has 0 radical (unpaired) electrons. The third-order valence-corrected chi connectivity index (χ3v) is 2.40. The third kappa shape index (κ3) is 2.95. The molecule has 2 rings (SSSR count). The second-order valence-corrected chi connectivity index (χ2v) is 3.75. The molecule has 0 amide bonds. The standard InChI is InChI=1S/C11H9ClN4O/c12-9-2-1-8(6-13)10(5-9)14-4-3-11-15-7-16-17-11/h1-2,5,7,14H,3-4H2. The molecule has 5 nitrogen and oxygen atoms in total. The Hall–Kier alpha value is -2.06. The highest BCUT2D eigenvalue weighted by Gasteiger charge is 2.03. The summed E-state index contributed by atoms with van der Waals surface area (Å²) in [5, 5.41) is 16.1. The van der Waals surface area contributed by atoms with Crippen molar-refractivity contribution < 1.29 is 4.52 Å². The van der Waals surface area contributed by atoms with Crippen molar-refractivity contribution in [3.05, 3.63) is 41.0 Å². The van der Waals surface area contributed by atoms with E-state index in [4.69, 9.17) is 21.4 Å². The number of halogens is 1. The smallest absolute Gasteiger partial charge is 0.228 e. The van der Waals surface area contributed by atoms with Crippen LogP contribution in [0.25, 0.3) is 0 Å². The van der Waals surface area contributed by atoms with Crippen LogP contribution in [0.1, 0.15) is 11.5 Å². The normalized spacial score (nSPS) is 9.88.